The molecule has 0 saturated carbocycles. The smallest absolute Gasteiger partial charge is 0.254 e. The van der Waals surface area contributed by atoms with Crippen molar-refractivity contribution in [2.75, 3.05) is 31.1 Å². The van der Waals surface area contributed by atoms with Crippen molar-refractivity contribution in [3.8, 4) is 0 Å². The van der Waals surface area contributed by atoms with Crippen molar-refractivity contribution in [1.29, 1.82) is 0 Å². The van der Waals surface area contributed by atoms with Crippen LogP contribution < -0.4 is 4.90 Å². The number of carbonyl (C=O) groups excluding carboxylic acids is 1. The van der Waals surface area contributed by atoms with Gasteiger partial charge in [0.2, 0.25) is 0 Å². The molecule has 1 saturated heterocycles. The molecule has 4 nitrogen and oxygen atoms in total. The number of anilines is 1. The number of benzene rings is 2. The van der Waals surface area contributed by atoms with Gasteiger partial charge in [-0.1, -0.05) is 29.0 Å². The third-order valence-electron chi connectivity index (χ3n) is 4.36. The second-order valence-electron chi connectivity index (χ2n) is 5.99. The quantitative estimate of drug-likeness (QED) is 0.655. The van der Waals surface area contributed by atoms with E-state index in [4.69, 9.17) is 11.6 Å². The summed E-state index contributed by atoms with van der Waals surface area (Å²) in [6, 6.07) is 8.91. The van der Waals surface area contributed by atoms with Gasteiger partial charge in [0.15, 0.2) is 16.8 Å². The molecule has 1 amide bonds. The van der Waals surface area contributed by atoms with Crippen LogP contribution in [-0.4, -0.2) is 42.0 Å². The topological polar surface area (TPSA) is 36.4 Å². The average Bonchev–Trinajstić information content (AvgIpc) is 3.09. The lowest BCUT2D eigenvalue weighted by Gasteiger charge is -2.34. The zero-order valence-corrected chi connectivity index (χ0v) is 15.2. The second kappa shape index (κ2) is 6.81. The Morgan fingerprint density at radius 1 is 1.08 bits per heavy atom. The number of aromatic nitrogens is 1. The van der Waals surface area contributed by atoms with Gasteiger partial charge in [0.05, 0.1) is 9.72 Å². The van der Waals surface area contributed by atoms with E-state index in [1.807, 2.05) is 18.2 Å². The Kier molecular flexibility index (Phi) is 4.50. The van der Waals surface area contributed by atoms with Gasteiger partial charge in [-0.05, 0) is 30.3 Å². The number of nitrogens with zero attached hydrogens (tertiary/aromatic N) is 3. The maximum Gasteiger partial charge on any atom is 0.254 e. The van der Waals surface area contributed by atoms with Crippen LogP contribution in [-0.2, 0) is 0 Å². The molecule has 0 N–H and O–H groups in total. The standard InChI is InChI=1S/C18H14ClF2N3OS/c19-12-2-1-3-15-16(12)22-18(26-15)24-8-6-23(7-9-24)17(25)11-4-5-13(20)14(21)10-11/h1-5,10H,6-9H2. The molecule has 1 aliphatic heterocycles. The van der Waals surface area contributed by atoms with Crippen LogP contribution in [0.2, 0.25) is 5.02 Å². The highest BCUT2D eigenvalue weighted by molar-refractivity contribution is 7.22. The SMILES string of the molecule is O=C(c1ccc(F)c(F)c1)N1CCN(c2nc3c(Cl)cccc3s2)CC1. The number of hydrogen-bond donors (Lipinski definition) is 0. The fourth-order valence-electron chi connectivity index (χ4n) is 2.95. The summed E-state index contributed by atoms with van der Waals surface area (Å²) in [5.41, 5.74) is 0.943. The number of hydrogen-bond acceptors (Lipinski definition) is 4. The zero-order chi connectivity index (χ0) is 18.3. The van der Waals surface area contributed by atoms with E-state index in [0.717, 1.165) is 27.5 Å². The van der Waals surface area contributed by atoms with Crippen molar-refractivity contribution in [3.05, 3.63) is 58.6 Å². The van der Waals surface area contributed by atoms with Crippen LogP contribution in [0.4, 0.5) is 13.9 Å². The van der Waals surface area contributed by atoms with Crippen molar-refractivity contribution in [3.63, 3.8) is 0 Å². The number of amides is 1. The number of carbonyl (C=O) groups is 1. The van der Waals surface area contributed by atoms with Crippen molar-refractivity contribution in [2.45, 2.75) is 0 Å². The molecule has 134 valence electrons. The lowest BCUT2D eigenvalue weighted by Crippen LogP contribution is -2.48. The average molecular weight is 394 g/mol. The molecule has 0 unspecified atom stereocenters. The van der Waals surface area contributed by atoms with Gasteiger partial charge < -0.3 is 9.80 Å². The molecule has 1 aromatic heterocycles. The number of thiazole rings is 1. The minimum Gasteiger partial charge on any atom is -0.345 e. The minimum atomic E-state index is -1.01. The van der Waals surface area contributed by atoms with Crippen molar-refractivity contribution in [2.24, 2.45) is 0 Å². The molecule has 0 radical (unpaired) electrons. The van der Waals surface area contributed by atoms with Gasteiger partial charge in [0, 0.05) is 31.7 Å². The van der Waals surface area contributed by atoms with Crippen LogP contribution in [0.5, 0.6) is 0 Å². The van der Waals surface area contributed by atoms with E-state index in [2.05, 4.69) is 9.88 Å². The van der Waals surface area contributed by atoms with Gasteiger partial charge in [-0.15, -0.1) is 0 Å². The predicted molar refractivity (Wildman–Crippen MR) is 99.1 cm³/mol. The van der Waals surface area contributed by atoms with E-state index < -0.39 is 11.6 Å². The molecule has 2 heterocycles. The first kappa shape index (κ1) is 17.2. The summed E-state index contributed by atoms with van der Waals surface area (Å²) in [6.07, 6.45) is 0. The summed E-state index contributed by atoms with van der Waals surface area (Å²) in [7, 11) is 0. The fourth-order valence-corrected chi connectivity index (χ4v) is 4.27. The highest BCUT2D eigenvalue weighted by atomic mass is 35.5. The van der Waals surface area contributed by atoms with Gasteiger partial charge in [0.25, 0.3) is 5.91 Å². The summed E-state index contributed by atoms with van der Waals surface area (Å²) in [6.45, 7) is 2.21. The Labute approximate surface area is 157 Å². The Morgan fingerprint density at radius 2 is 1.85 bits per heavy atom. The Morgan fingerprint density at radius 3 is 2.54 bits per heavy atom. The van der Waals surface area contributed by atoms with Gasteiger partial charge >= 0.3 is 0 Å². The summed E-state index contributed by atoms with van der Waals surface area (Å²) in [4.78, 5) is 20.8. The maximum absolute atomic E-state index is 13.4. The molecule has 4 rings (SSSR count). The van der Waals surface area contributed by atoms with E-state index in [1.165, 1.54) is 6.07 Å². The first-order chi connectivity index (χ1) is 12.5. The number of fused-ring (bicyclic) bond motifs is 1. The van der Waals surface area contributed by atoms with Gasteiger partial charge in [-0.2, -0.15) is 0 Å². The lowest BCUT2D eigenvalue weighted by atomic mass is 10.1. The summed E-state index contributed by atoms with van der Waals surface area (Å²) in [5, 5.41) is 1.49. The van der Waals surface area contributed by atoms with Gasteiger partial charge in [0.1, 0.15) is 5.52 Å². The summed E-state index contributed by atoms with van der Waals surface area (Å²) in [5.74, 6) is -2.27. The van der Waals surface area contributed by atoms with Crippen molar-refractivity contribution in [1.82, 2.24) is 9.88 Å². The van der Waals surface area contributed by atoms with Crippen LogP contribution in [0.1, 0.15) is 10.4 Å². The van der Waals surface area contributed by atoms with E-state index in [9.17, 15) is 13.6 Å². The van der Waals surface area contributed by atoms with Crippen LogP contribution in [0.25, 0.3) is 10.2 Å². The van der Waals surface area contributed by atoms with E-state index >= 15 is 0 Å². The second-order valence-corrected chi connectivity index (χ2v) is 7.41. The third-order valence-corrected chi connectivity index (χ3v) is 5.75. The Hall–Kier alpha value is -2.25. The molecule has 1 fully saturated rings. The molecule has 3 aromatic rings. The molecule has 8 heteroatoms. The van der Waals surface area contributed by atoms with Crippen LogP contribution in [0.3, 0.4) is 0 Å². The molecule has 26 heavy (non-hydrogen) atoms. The van der Waals surface area contributed by atoms with Crippen LogP contribution >= 0.6 is 22.9 Å². The van der Waals surface area contributed by atoms with E-state index in [1.54, 1.807) is 16.2 Å². The zero-order valence-electron chi connectivity index (χ0n) is 13.6. The monoisotopic (exact) mass is 393 g/mol. The third kappa shape index (κ3) is 3.12. The first-order valence-corrected chi connectivity index (χ1v) is 9.27. The maximum atomic E-state index is 13.4. The van der Waals surface area contributed by atoms with Crippen molar-refractivity contribution >= 4 is 44.2 Å². The molecular formula is C18H14ClF2N3OS. The molecule has 0 atom stereocenters. The summed E-state index contributed by atoms with van der Waals surface area (Å²) < 4.78 is 27.4. The predicted octanol–water partition coefficient (Wildman–Crippen LogP) is 4.19. The van der Waals surface area contributed by atoms with Gasteiger partial charge in [-0.3, -0.25) is 4.79 Å². The highest BCUT2D eigenvalue weighted by Gasteiger charge is 2.24. The normalized spacial score (nSPS) is 14.9. The largest absolute Gasteiger partial charge is 0.345 e. The molecule has 0 aliphatic carbocycles. The first-order valence-electron chi connectivity index (χ1n) is 8.07. The number of piperazine rings is 1. The molecule has 0 spiro atoms. The lowest BCUT2D eigenvalue weighted by molar-refractivity contribution is 0.0746. The Balaban J connectivity index is 1.47. The molecule has 0 bridgehead atoms. The van der Waals surface area contributed by atoms with E-state index in [-0.39, 0.29) is 11.5 Å². The number of halogens is 3. The van der Waals surface area contributed by atoms with Gasteiger partial charge in [-0.25, -0.2) is 13.8 Å². The molecule has 2 aromatic carbocycles. The number of rotatable bonds is 2. The highest BCUT2D eigenvalue weighted by Crippen LogP contribution is 2.33. The number of para-hydroxylation sites is 1. The molecular weight excluding hydrogens is 380 g/mol. The summed E-state index contributed by atoms with van der Waals surface area (Å²) >= 11 is 7.74. The minimum absolute atomic E-state index is 0.157. The molecule has 1 aliphatic rings. The van der Waals surface area contributed by atoms with Crippen LogP contribution in [0.15, 0.2) is 36.4 Å². The van der Waals surface area contributed by atoms with Crippen molar-refractivity contribution < 1.29 is 13.6 Å². The van der Waals surface area contributed by atoms with Crippen LogP contribution in [0, 0.1) is 11.6 Å². The Bertz CT molecular complexity index is 986. The fraction of sp³-hybridized carbons (Fsp3) is 0.222. The van der Waals surface area contributed by atoms with E-state index in [0.29, 0.717) is 31.2 Å².